The first-order chi connectivity index (χ1) is 16.1. The number of aliphatic carboxylic acids is 1. The predicted molar refractivity (Wildman–Crippen MR) is 138 cm³/mol. The maximum absolute atomic E-state index is 12.5. The summed E-state index contributed by atoms with van der Waals surface area (Å²) >= 11 is 0. The van der Waals surface area contributed by atoms with Gasteiger partial charge in [0, 0.05) is 5.92 Å². The van der Waals surface area contributed by atoms with Gasteiger partial charge >= 0.3 is 5.97 Å². The number of amides is 1. The molecule has 0 unspecified atom stereocenters. The molecular formula is C29H39NO3. The van der Waals surface area contributed by atoms with Crippen LogP contribution in [0.15, 0.2) is 91.0 Å². The number of rotatable bonds is 7. The number of benzene rings is 3. The van der Waals surface area contributed by atoms with E-state index in [1.807, 2.05) is 133 Å². The smallest absolute Gasteiger partial charge is 0.327 e. The Morgan fingerprint density at radius 3 is 1.39 bits per heavy atom. The van der Waals surface area contributed by atoms with Crippen LogP contribution in [-0.2, 0) is 16.0 Å². The number of carboxylic acid groups (broad SMARTS) is 1. The fourth-order valence-electron chi connectivity index (χ4n) is 3.19. The summed E-state index contributed by atoms with van der Waals surface area (Å²) < 4.78 is 0. The highest BCUT2D eigenvalue weighted by molar-refractivity contribution is 5.86. The van der Waals surface area contributed by atoms with Crippen molar-refractivity contribution in [1.82, 2.24) is 5.32 Å². The van der Waals surface area contributed by atoms with Gasteiger partial charge in [-0.2, -0.15) is 0 Å². The summed E-state index contributed by atoms with van der Waals surface area (Å²) in [5.41, 5.74) is 2.53. The zero-order valence-corrected chi connectivity index (χ0v) is 20.8. The van der Waals surface area contributed by atoms with Crippen molar-refractivity contribution >= 4 is 11.9 Å². The van der Waals surface area contributed by atoms with E-state index in [0.29, 0.717) is 0 Å². The molecule has 3 rings (SSSR count). The SMILES string of the molecule is CC.CC.CC.O=C(Cc1ccccc1)N[C@@H](C(=O)O)C(c1ccccc1)c1ccccc1. The molecule has 0 saturated carbocycles. The lowest BCUT2D eigenvalue weighted by Gasteiger charge is -2.26. The maximum atomic E-state index is 12.5. The van der Waals surface area contributed by atoms with Crippen LogP contribution in [0.2, 0.25) is 0 Å². The average Bonchev–Trinajstić information content (AvgIpc) is 2.89. The zero-order chi connectivity index (χ0) is 25.1. The monoisotopic (exact) mass is 449 g/mol. The summed E-state index contributed by atoms with van der Waals surface area (Å²) in [5, 5.41) is 12.6. The molecule has 3 aromatic carbocycles. The third-order valence-electron chi connectivity index (χ3n) is 4.44. The quantitative estimate of drug-likeness (QED) is 0.421. The van der Waals surface area contributed by atoms with E-state index in [2.05, 4.69) is 5.32 Å². The van der Waals surface area contributed by atoms with Gasteiger partial charge in [0.1, 0.15) is 6.04 Å². The molecule has 0 aliphatic rings. The van der Waals surface area contributed by atoms with Gasteiger partial charge in [-0.05, 0) is 16.7 Å². The van der Waals surface area contributed by atoms with Gasteiger partial charge in [-0.3, -0.25) is 4.79 Å². The maximum Gasteiger partial charge on any atom is 0.327 e. The molecule has 0 aliphatic carbocycles. The third-order valence-corrected chi connectivity index (χ3v) is 4.44. The number of carbonyl (C=O) groups is 2. The van der Waals surface area contributed by atoms with Crippen molar-refractivity contribution in [2.45, 2.75) is 59.9 Å². The highest BCUT2D eigenvalue weighted by atomic mass is 16.4. The van der Waals surface area contributed by atoms with E-state index in [9.17, 15) is 14.7 Å². The van der Waals surface area contributed by atoms with E-state index >= 15 is 0 Å². The van der Waals surface area contributed by atoms with E-state index in [4.69, 9.17) is 0 Å². The molecular weight excluding hydrogens is 410 g/mol. The second kappa shape index (κ2) is 18.2. The van der Waals surface area contributed by atoms with Gasteiger partial charge in [0.25, 0.3) is 0 Å². The van der Waals surface area contributed by atoms with Gasteiger partial charge in [0.2, 0.25) is 5.91 Å². The highest BCUT2D eigenvalue weighted by Gasteiger charge is 2.32. The molecule has 0 aliphatic heterocycles. The first-order valence-corrected chi connectivity index (χ1v) is 11.8. The lowest BCUT2D eigenvalue weighted by Crippen LogP contribution is -2.45. The number of hydrogen-bond acceptors (Lipinski definition) is 2. The van der Waals surface area contributed by atoms with Gasteiger partial charge in [-0.25, -0.2) is 4.79 Å². The number of hydrogen-bond donors (Lipinski definition) is 2. The van der Waals surface area contributed by atoms with Crippen molar-refractivity contribution in [2.24, 2.45) is 0 Å². The van der Waals surface area contributed by atoms with Crippen LogP contribution in [0, 0.1) is 0 Å². The van der Waals surface area contributed by atoms with Gasteiger partial charge in [-0.1, -0.05) is 133 Å². The molecule has 1 atom stereocenters. The van der Waals surface area contributed by atoms with Crippen LogP contribution in [0.3, 0.4) is 0 Å². The average molecular weight is 450 g/mol. The largest absolute Gasteiger partial charge is 0.480 e. The molecule has 4 heteroatoms. The number of nitrogens with one attached hydrogen (secondary N) is 1. The molecule has 0 spiro atoms. The van der Waals surface area contributed by atoms with E-state index in [0.717, 1.165) is 16.7 Å². The van der Waals surface area contributed by atoms with E-state index in [-0.39, 0.29) is 12.3 Å². The van der Waals surface area contributed by atoms with Crippen LogP contribution >= 0.6 is 0 Å². The molecule has 3 aromatic rings. The third kappa shape index (κ3) is 10.2. The summed E-state index contributed by atoms with van der Waals surface area (Å²) in [6.45, 7) is 12.0. The normalized spacial score (nSPS) is 10.2. The first kappa shape index (κ1) is 29.6. The summed E-state index contributed by atoms with van der Waals surface area (Å²) in [4.78, 5) is 24.6. The molecule has 0 heterocycles. The molecule has 178 valence electrons. The van der Waals surface area contributed by atoms with Crippen molar-refractivity contribution < 1.29 is 14.7 Å². The molecule has 1 amide bonds. The van der Waals surface area contributed by atoms with Crippen molar-refractivity contribution in [1.29, 1.82) is 0 Å². The fraction of sp³-hybridized carbons (Fsp3) is 0.310. The van der Waals surface area contributed by atoms with Gasteiger partial charge in [0.15, 0.2) is 0 Å². The minimum Gasteiger partial charge on any atom is -0.480 e. The van der Waals surface area contributed by atoms with E-state index in [1.54, 1.807) is 0 Å². The number of carboxylic acids is 1. The second-order valence-electron chi connectivity index (χ2n) is 6.34. The molecule has 0 bridgehead atoms. The highest BCUT2D eigenvalue weighted by Crippen LogP contribution is 2.28. The molecule has 4 nitrogen and oxygen atoms in total. The summed E-state index contributed by atoms with van der Waals surface area (Å²) in [6.07, 6.45) is 0.140. The van der Waals surface area contributed by atoms with Crippen molar-refractivity contribution in [2.75, 3.05) is 0 Å². The Balaban J connectivity index is 0.00000158. The Hall–Kier alpha value is -3.40. The Morgan fingerprint density at radius 2 is 1.03 bits per heavy atom. The van der Waals surface area contributed by atoms with E-state index in [1.165, 1.54) is 0 Å². The Bertz CT molecular complexity index is 841. The minimum atomic E-state index is -1.06. The Labute approximate surface area is 199 Å². The molecule has 0 fully saturated rings. The van der Waals surface area contributed by atoms with E-state index < -0.39 is 17.9 Å². The Morgan fingerprint density at radius 1 is 0.667 bits per heavy atom. The molecule has 0 saturated heterocycles. The number of carbonyl (C=O) groups excluding carboxylic acids is 1. The molecule has 0 radical (unpaired) electrons. The van der Waals surface area contributed by atoms with Crippen LogP contribution in [0.5, 0.6) is 0 Å². The minimum absolute atomic E-state index is 0.140. The Kier molecular flexibility index (Phi) is 16.3. The van der Waals surface area contributed by atoms with Gasteiger partial charge in [-0.15, -0.1) is 0 Å². The van der Waals surface area contributed by atoms with Crippen molar-refractivity contribution in [3.8, 4) is 0 Å². The summed E-state index contributed by atoms with van der Waals surface area (Å²) in [6, 6.07) is 27.0. The summed E-state index contributed by atoms with van der Waals surface area (Å²) in [5.74, 6) is -1.86. The molecule has 33 heavy (non-hydrogen) atoms. The topological polar surface area (TPSA) is 66.4 Å². The van der Waals surface area contributed by atoms with Crippen LogP contribution in [-0.4, -0.2) is 23.0 Å². The summed E-state index contributed by atoms with van der Waals surface area (Å²) in [7, 11) is 0. The first-order valence-electron chi connectivity index (χ1n) is 11.8. The molecule has 2 N–H and O–H groups in total. The van der Waals surface area contributed by atoms with Crippen LogP contribution in [0.1, 0.15) is 64.2 Å². The van der Waals surface area contributed by atoms with Crippen molar-refractivity contribution in [3.05, 3.63) is 108 Å². The van der Waals surface area contributed by atoms with Crippen LogP contribution in [0.25, 0.3) is 0 Å². The van der Waals surface area contributed by atoms with Crippen LogP contribution in [0.4, 0.5) is 0 Å². The van der Waals surface area contributed by atoms with Crippen molar-refractivity contribution in [3.63, 3.8) is 0 Å². The predicted octanol–water partition coefficient (Wildman–Crippen LogP) is 6.71. The lowest BCUT2D eigenvalue weighted by atomic mass is 9.85. The van der Waals surface area contributed by atoms with Gasteiger partial charge in [0.05, 0.1) is 6.42 Å². The fourth-order valence-corrected chi connectivity index (χ4v) is 3.19. The zero-order valence-electron chi connectivity index (χ0n) is 20.8. The van der Waals surface area contributed by atoms with Gasteiger partial charge < -0.3 is 10.4 Å². The lowest BCUT2D eigenvalue weighted by molar-refractivity contribution is -0.142. The molecule has 0 aromatic heterocycles. The standard InChI is InChI=1S/C23H21NO3.3C2H6/c25-20(16-17-10-4-1-5-11-17)24-22(23(26)27)21(18-12-6-2-7-13-18)19-14-8-3-9-15-19;3*1-2/h1-15,21-22H,16H2,(H,24,25)(H,26,27);3*1-2H3/t22-;;;/m1.../s1. The van der Waals surface area contributed by atoms with Crippen LogP contribution < -0.4 is 5.32 Å². The second-order valence-corrected chi connectivity index (χ2v) is 6.34.